The molecule has 0 aliphatic heterocycles. The van der Waals surface area contributed by atoms with E-state index in [4.69, 9.17) is 15.9 Å². The first-order valence-corrected chi connectivity index (χ1v) is 8.40. The fraction of sp³-hybridized carbons (Fsp3) is 0.938. The van der Waals surface area contributed by atoms with Crippen LogP contribution in [0.15, 0.2) is 0 Å². The molecule has 0 unspecified atom stereocenters. The maximum atomic E-state index is 12.7. The largest absolute Gasteiger partial charge is 0.395 e. The Balaban J connectivity index is 1.78. The van der Waals surface area contributed by atoms with E-state index < -0.39 is 11.6 Å². The highest BCUT2D eigenvalue weighted by Gasteiger charge is 2.60. The molecule has 5 atom stereocenters. The minimum atomic E-state index is -0.650. The highest BCUT2D eigenvalue weighted by atomic mass is 16.3. The van der Waals surface area contributed by atoms with Crippen LogP contribution in [-0.2, 0) is 4.79 Å². The SMILES string of the molecule is N[C@H](C(=O)N(CCO)CCO)[C@@]12C[C@@H]3C[C@@H](C[C@](O)(C3)C1)C2. The van der Waals surface area contributed by atoms with Crippen LogP contribution < -0.4 is 5.73 Å². The van der Waals surface area contributed by atoms with Crippen LogP contribution in [0.4, 0.5) is 0 Å². The normalized spacial score (nSPS) is 40.7. The molecule has 4 bridgehead atoms. The number of amides is 1. The van der Waals surface area contributed by atoms with Crippen molar-refractivity contribution in [3.8, 4) is 0 Å². The number of hydrogen-bond donors (Lipinski definition) is 4. The van der Waals surface area contributed by atoms with Crippen molar-refractivity contribution in [2.75, 3.05) is 26.3 Å². The molecule has 0 spiro atoms. The summed E-state index contributed by atoms with van der Waals surface area (Å²) in [4.78, 5) is 14.2. The lowest BCUT2D eigenvalue weighted by molar-refractivity contribution is -0.177. The molecule has 126 valence electrons. The summed E-state index contributed by atoms with van der Waals surface area (Å²) >= 11 is 0. The molecule has 22 heavy (non-hydrogen) atoms. The predicted octanol–water partition coefficient (Wildman–Crippen LogP) is -0.542. The summed E-state index contributed by atoms with van der Waals surface area (Å²) in [5, 5.41) is 29.0. The minimum absolute atomic E-state index is 0.138. The Morgan fingerprint density at radius 3 is 2.14 bits per heavy atom. The number of rotatable bonds is 6. The van der Waals surface area contributed by atoms with E-state index in [9.17, 15) is 9.90 Å². The van der Waals surface area contributed by atoms with Gasteiger partial charge in [-0.15, -0.1) is 0 Å². The van der Waals surface area contributed by atoms with Crippen molar-refractivity contribution >= 4 is 5.91 Å². The minimum Gasteiger partial charge on any atom is -0.395 e. The van der Waals surface area contributed by atoms with Gasteiger partial charge in [0.15, 0.2) is 0 Å². The van der Waals surface area contributed by atoms with Crippen LogP contribution in [0.1, 0.15) is 38.5 Å². The Labute approximate surface area is 131 Å². The second-order valence-electron chi connectivity index (χ2n) is 7.80. The Hall–Kier alpha value is -0.690. The topological polar surface area (TPSA) is 107 Å². The van der Waals surface area contributed by atoms with Gasteiger partial charge >= 0.3 is 0 Å². The van der Waals surface area contributed by atoms with Gasteiger partial charge in [-0.3, -0.25) is 4.79 Å². The van der Waals surface area contributed by atoms with Crippen LogP contribution in [0.5, 0.6) is 0 Å². The first-order valence-electron chi connectivity index (χ1n) is 8.40. The summed E-state index contributed by atoms with van der Waals surface area (Å²) < 4.78 is 0. The van der Waals surface area contributed by atoms with Crippen molar-refractivity contribution < 1.29 is 20.1 Å². The summed E-state index contributed by atoms with van der Waals surface area (Å²) in [5.74, 6) is 0.761. The molecule has 0 aromatic heterocycles. The molecule has 4 fully saturated rings. The molecule has 6 nitrogen and oxygen atoms in total. The van der Waals surface area contributed by atoms with Crippen LogP contribution in [-0.4, -0.2) is 64.1 Å². The summed E-state index contributed by atoms with van der Waals surface area (Å²) in [5.41, 5.74) is 5.43. The van der Waals surface area contributed by atoms with E-state index in [0.29, 0.717) is 18.3 Å². The average molecular weight is 312 g/mol. The molecule has 4 rings (SSSR count). The second-order valence-corrected chi connectivity index (χ2v) is 7.80. The summed E-state index contributed by atoms with van der Waals surface area (Å²) in [7, 11) is 0. The molecule has 0 aromatic carbocycles. The van der Waals surface area contributed by atoms with Gasteiger partial charge in [-0.05, 0) is 55.8 Å². The van der Waals surface area contributed by atoms with Crippen molar-refractivity contribution in [3.05, 3.63) is 0 Å². The van der Waals surface area contributed by atoms with Gasteiger partial charge in [-0.2, -0.15) is 0 Å². The molecule has 0 heterocycles. The third-order valence-corrected chi connectivity index (χ3v) is 6.05. The smallest absolute Gasteiger partial charge is 0.240 e. The lowest BCUT2D eigenvalue weighted by Crippen LogP contribution is -2.64. The maximum absolute atomic E-state index is 12.7. The average Bonchev–Trinajstić information content (AvgIpc) is 2.43. The Bertz CT molecular complexity index is 422. The van der Waals surface area contributed by atoms with Crippen molar-refractivity contribution in [1.29, 1.82) is 0 Å². The molecular formula is C16H28N2O4. The summed E-state index contributed by atoms with van der Waals surface area (Å²) in [6, 6.07) is -0.650. The lowest BCUT2D eigenvalue weighted by Gasteiger charge is -2.61. The van der Waals surface area contributed by atoms with Gasteiger partial charge in [0.25, 0.3) is 0 Å². The van der Waals surface area contributed by atoms with Gasteiger partial charge < -0.3 is 26.0 Å². The van der Waals surface area contributed by atoms with Gasteiger partial charge in [0, 0.05) is 13.1 Å². The van der Waals surface area contributed by atoms with Gasteiger partial charge in [-0.25, -0.2) is 0 Å². The van der Waals surface area contributed by atoms with E-state index in [1.54, 1.807) is 0 Å². The van der Waals surface area contributed by atoms with Gasteiger partial charge in [0.05, 0.1) is 24.9 Å². The van der Waals surface area contributed by atoms with Crippen molar-refractivity contribution in [1.82, 2.24) is 4.90 Å². The fourth-order valence-electron chi connectivity index (χ4n) is 5.68. The maximum Gasteiger partial charge on any atom is 0.240 e. The highest BCUT2D eigenvalue weighted by Crippen LogP contribution is 2.62. The van der Waals surface area contributed by atoms with E-state index in [-0.39, 0.29) is 37.6 Å². The molecule has 4 aliphatic carbocycles. The zero-order valence-electron chi connectivity index (χ0n) is 13.1. The molecule has 1 amide bonds. The molecule has 0 radical (unpaired) electrons. The summed E-state index contributed by atoms with van der Waals surface area (Å²) in [6.45, 7) is 0.113. The van der Waals surface area contributed by atoms with Crippen molar-refractivity contribution in [2.24, 2.45) is 23.0 Å². The van der Waals surface area contributed by atoms with Crippen LogP contribution in [0.25, 0.3) is 0 Å². The molecule has 0 saturated heterocycles. The Morgan fingerprint density at radius 2 is 1.68 bits per heavy atom. The Kier molecular flexibility index (Phi) is 4.22. The zero-order valence-corrected chi connectivity index (χ0v) is 13.1. The first kappa shape index (κ1) is 16.2. The molecular weight excluding hydrogens is 284 g/mol. The van der Waals surface area contributed by atoms with E-state index in [1.807, 2.05) is 0 Å². The monoisotopic (exact) mass is 312 g/mol. The molecule has 6 heteroatoms. The molecule has 5 N–H and O–H groups in total. The number of hydrogen-bond acceptors (Lipinski definition) is 5. The van der Waals surface area contributed by atoms with E-state index in [0.717, 1.165) is 32.1 Å². The second kappa shape index (κ2) is 5.74. The summed E-state index contributed by atoms with van der Waals surface area (Å²) in [6.07, 6.45) is 5.32. The third-order valence-electron chi connectivity index (χ3n) is 6.05. The van der Waals surface area contributed by atoms with Gasteiger partial charge in [0.2, 0.25) is 5.91 Å². The van der Waals surface area contributed by atoms with Crippen LogP contribution >= 0.6 is 0 Å². The van der Waals surface area contributed by atoms with E-state index in [1.165, 1.54) is 4.90 Å². The van der Waals surface area contributed by atoms with Gasteiger partial charge in [-0.1, -0.05) is 0 Å². The highest BCUT2D eigenvalue weighted by molar-refractivity contribution is 5.82. The van der Waals surface area contributed by atoms with E-state index >= 15 is 0 Å². The third kappa shape index (κ3) is 2.66. The lowest BCUT2D eigenvalue weighted by atomic mass is 9.46. The zero-order chi connectivity index (χ0) is 16.0. The molecule has 0 aromatic rings. The number of carbonyl (C=O) groups excluding carboxylic acids is 1. The van der Waals surface area contributed by atoms with Crippen LogP contribution in [0.2, 0.25) is 0 Å². The Morgan fingerprint density at radius 1 is 1.14 bits per heavy atom. The molecule has 4 aliphatic rings. The number of nitrogens with two attached hydrogens (primary N) is 1. The fourth-order valence-corrected chi connectivity index (χ4v) is 5.68. The van der Waals surface area contributed by atoms with Crippen LogP contribution in [0, 0.1) is 17.3 Å². The first-order chi connectivity index (χ1) is 10.4. The number of nitrogens with zero attached hydrogens (tertiary/aromatic N) is 1. The number of carbonyl (C=O) groups is 1. The van der Waals surface area contributed by atoms with Crippen molar-refractivity contribution in [3.63, 3.8) is 0 Å². The van der Waals surface area contributed by atoms with E-state index in [2.05, 4.69) is 0 Å². The van der Waals surface area contributed by atoms with Crippen molar-refractivity contribution in [2.45, 2.75) is 50.2 Å². The standard InChI is InChI=1S/C16H28N2O4/c17-13(14(21)18(1-3-19)2-4-20)15-6-11-5-12(7-15)9-16(22,8-11)10-15/h11-13,19-20,22H,1-10,17H2/t11-,12+,13-,15+,16+/m1/s1. The number of aliphatic hydroxyl groups is 3. The van der Waals surface area contributed by atoms with Gasteiger partial charge in [0.1, 0.15) is 0 Å². The number of aliphatic hydroxyl groups excluding tert-OH is 2. The predicted molar refractivity (Wildman–Crippen MR) is 80.8 cm³/mol. The molecule has 4 saturated carbocycles. The van der Waals surface area contributed by atoms with Crippen LogP contribution in [0.3, 0.4) is 0 Å². The quantitative estimate of drug-likeness (QED) is 0.527.